The molecule has 0 fully saturated rings. The van der Waals surface area contributed by atoms with E-state index in [0.29, 0.717) is 5.56 Å². The van der Waals surface area contributed by atoms with Crippen LogP contribution in [0, 0.1) is 5.82 Å². The lowest BCUT2D eigenvalue weighted by Gasteiger charge is -2.13. The Morgan fingerprint density at radius 3 is 2.52 bits per heavy atom. The molecule has 1 amide bonds. The highest BCUT2D eigenvalue weighted by atomic mass is 19.1. The number of halogens is 1. The number of nitrogens with one attached hydrogen (secondary N) is 1. The quantitative estimate of drug-likeness (QED) is 0.806. The van der Waals surface area contributed by atoms with Crippen LogP contribution in [0.5, 0.6) is 0 Å². The fourth-order valence-electron chi connectivity index (χ4n) is 2.05. The van der Waals surface area contributed by atoms with Gasteiger partial charge in [0.1, 0.15) is 11.9 Å². The van der Waals surface area contributed by atoms with Crippen molar-refractivity contribution in [3.8, 4) is 0 Å². The number of aliphatic carboxylic acids is 1. The van der Waals surface area contributed by atoms with Crippen LogP contribution in [0.25, 0.3) is 6.08 Å². The number of rotatable bonds is 6. The summed E-state index contributed by atoms with van der Waals surface area (Å²) in [7, 11) is 0. The first-order valence-electron chi connectivity index (χ1n) is 7.05. The van der Waals surface area contributed by atoms with Crippen LogP contribution in [0.1, 0.15) is 11.1 Å². The first-order valence-corrected chi connectivity index (χ1v) is 7.05. The maximum Gasteiger partial charge on any atom is 0.326 e. The molecule has 0 saturated heterocycles. The van der Waals surface area contributed by atoms with E-state index in [-0.39, 0.29) is 6.42 Å². The molecule has 2 aromatic carbocycles. The SMILES string of the molecule is O=C(/C=C/c1cccc(F)c1)N[C@H](Cc1ccccc1)C(=O)O. The number of hydrogen-bond donors (Lipinski definition) is 2. The first kappa shape index (κ1) is 16.4. The molecule has 1 atom stereocenters. The second kappa shape index (κ2) is 7.89. The topological polar surface area (TPSA) is 66.4 Å². The highest BCUT2D eigenvalue weighted by Crippen LogP contribution is 2.06. The lowest BCUT2D eigenvalue weighted by molar-refractivity contribution is -0.141. The van der Waals surface area contributed by atoms with Crippen molar-refractivity contribution >= 4 is 18.0 Å². The van der Waals surface area contributed by atoms with Gasteiger partial charge in [0, 0.05) is 12.5 Å². The zero-order valence-electron chi connectivity index (χ0n) is 12.3. The van der Waals surface area contributed by atoms with E-state index in [2.05, 4.69) is 5.32 Å². The smallest absolute Gasteiger partial charge is 0.326 e. The lowest BCUT2D eigenvalue weighted by atomic mass is 10.1. The molecule has 0 spiro atoms. The van der Waals surface area contributed by atoms with Crippen LogP contribution in [-0.2, 0) is 16.0 Å². The first-order chi connectivity index (χ1) is 11.0. The van der Waals surface area contributed by atoms with Crippen molar-refractivity contribution in [3.05, 3.63) is 77.6 Å². The summed E-state index contributed by atoms with van der Waals surface area (Å²) in [5.74, 6) is -2.06. The lowest BCUT2D eigenvalue weighted by Crippen LogP contribution is -2.41. The number of carboxylic acids is 1. The summed E-state index contributed by atoms with van der Waals surface area (Å²) in [5.41, 5.74) is 1.34. The minimum absolute atomic E-state index is 0.190. The molecule has 0 unspecified atom stereocenters. The van der Waals surface area contributed by atoms with Crippen molar-refractivity contribution in [1.82, 2.24) is 5.32 Å². The van der Waals surface area contributed by atoms with Gasteiger partial charge in [-0.15, -0.1) is 0 Å². The molecule has 0 radical (unpaired) electrons. The van der Waals surface area contributed by atoms with Crippen LogP contribution in [0.15, 0.2) is 60.7 Å². The van der Waals surface area contributed by atoms with Gasteiger partial charge in [-0.3, -0.25) is 4.79 Å². The average molecular weight is 313 g/mol. The van der Waals surface area contributed by atoms with Gasteiger partial charge in [-0.25, -0.2) is 9.18 Å². The van der Waals surface area contributed by atoms with Crippen LogP contribution in [-0.4, -0.2) is 23.0 Å². The zero-order valence-corrected chi connectivity index (χ0v) is 12.3. The fourth-order valence-corrected chi connectivity index (χ4v) is 2.05. The van der Waals surface area contributed by atoms with Gasteiger partial charge in [0.2, 0.25) is 5.91 Å². The monoisotopic (exact) mass is 313 g/mol. The van der Waals surface area contributed by atoms with Crippen molar-refractivity contribution in [1.29, 1.82) is 0 Å². The Labute approximate surface area is 133 Å². The summed E-state index contributed by atoms with van der Waals surface area (Å²) < 4.78 is 13.0. The van der Waals surface area contributed by atoms with Crippen LogP contribution in [0.4, 0.5) is 4.39 Å². The molecule has 0 aliphatic carbocycles. The third-order valence-corrected chi connectivity index (χ3v) is 3.17. The summed E-state index contributed by atoms with van der Waals surface area (Å²) >= 11 is 0. The molecule has 4 nitrogen and oxygen atoms in total. The summed E-state index contributed by atoms with van der Waals surface area (Å²) in [6.45, 7) is 0. The molecular weight excluding hydrogens is 297 g/mol. The third kappa shape index (κ3) is 5.39. The van der Waals surface area contributed by atoms with Gasteiger partial charge in [0.15, 0.2) is 0 Å². The van der Waals surface area contributed by atoms with Gasteiger partial charge in [0.05, 0.1) is 0 Å². The van der Waals surface area contributed by atoms with E-state index in [1.807, 2.05) is 6.07 Å². The van der Waals surface area contributed by atoms with Crippen LogP contribution >= 0.6 is 0 Å². The summed E-state index contributed by atoms with van der Waals surface area (Å²) in [5, 5.41) is 11.6. The third-order valence-electron chi connectivity index (χ3n) is 3.17. The molecule has 0 heterocycles. The maximum atomic E-state index is 13.0. The Hall–Kier alpha value is -2.95. The van der Waals surface area contributed by atoms with Crippen LogP contribution in [0.3, 0.4) is 0 Å². The highest BCUT2D eigenvalue weighted by molar-refractivity contribution is 5.94. The Bertz CT molecular complexity index is 713. The fraction of sp³-hybridized carbons (Fsp3) is 0.111. The number of hydrogen-bond acceptors (Lipinski definition) is 2. The van der Waals surface area contributed by atoms with E-state index in [9.17, 15) is 19.1 Å². The molecule has 0 aliphatic rings. The zero-order chi connectivity index (χ0) is 16.7. The molecule has 118 valence electrons. The molecule has 0 saturated carbocycles. The molecule has 23 heavy (non-hydrogen) atoms. The molecule has 0 aliphatic heterocycles. The van der Waals surface area contributed by atoms with Crippen molar-refractivity contribution in [2.45, 2.75) is 12.5 Å². The van der Waals surface area contributed by atoms with Gasteiger partial charge >= 0.3 is 5.97 Å². The van der Waals surface area contributed by atoms with Crippen molar-refractivity contribution in [3.63, 3.8) is 0 Å². The molecular formula is C18H16FNO3. The summed E-state index contributed by atoms with van der Waals surface area (Å²) in [4.78, 5) is 23.1. The number of amides is 1. The van der Waals surface area contributed by atoms with E-state index >= 15 is 0 Å². The van der Waals surface area contributed by atoms with E-state index in [0.717, 1.165) is 5.56 Å². The van der Waals surface area contributed by atoms with Gasteiger partial charge in [-0.05, 0) is 29.3 Å². The van der Waals surface area contributed by atoms with Crippen molar-refractivity contribution in [2.75, 3.05) is 0 Å². The molecule has 0 aromatic heterocycles. The van der Waals surface area contributed by atoms with E-state index in [4.69, 9.17) is 0 Å². The Balaban J connectivity index is 1.99. The van der Waals surface area contributed by atoms with Gasteiger partial charge in [0.25, 0.3) is 0 Å². The van der Waals surface area contributed by atoms with Crippen molar-refractivity contribution in [2.24, 2.45) is 0 Å². The molecule has 2 N–H and O–H groups in total. The average Bonchev–Trinajstić information content (AvgIpc) is 2.53. The predicted molar refractivity (Wildman–Crippen MR) is 85.1 cm³/mol. The minimum Gasteiger partial charge on any atom is -0.480 e. The standard InChI is InChI=1S/C18H16FNO3/c19-15-8-4-7-14(11-15)9-10-17(21)20-16(18(22)23)12-13-5-2-1-3-6-13/h1-11,16H,12H2,(H,20,21)(H,22,23)/b10-9+/t16-/m1/s1. The molecule has 5 heteroatoms. The maximum absolute atomic E-state index is 13.0. The number of benzene rings is 2. The number of carbonyl (C=O) groups excluding carboxylic acids is 1. The Morgan fingerprint density at radius 1 is 1.13 bits per heavy atom. The molecule has 2 rings (SSSR count). The highest BCUT2D eigenvalue weighted by Gasteiger charge is 2.19. The van der Waals surface area contributed by atoms with Crippen molar-refractivity contribution < 1.29 is 19.1 Å². The largest absolute Gasteiger partial charge is 0.480 e. The Morgan fingerprint density at radius 2 is 1.87 bits per heavy atom. The van der Waals surface area contributed by atoms with Crippen LogP contribution < -0.4 is 5.32 Å². The van der Waals surface area contributed by atoms with E-state index < -0.39 is 23.7 Å². The van der Waals surface area contributed by atoms with E-state index in [1.54, 1.807) is 30.3 Å². The van der Waals surface area contributed by atoms with Gasteiger partial charge in [-0.2, -0.15) is 0 Å². The number of carboxylic acid groups (broad SMARTS) is 1. The summed E-state index contributed by atoms with van der Waals surface area (Å²) in [6.07, 6.45) is 2.81. The second-order valence-corrected chi connectivity index (χ2v) is 4.98. The number of carbonyl (C=O) groups is 2. The Kier molecular flexibility index (Phi) is 5.63. The molecule has 0 bridgehead atoms. The van der Waals surface area contributed by atoms with Gasteiger partial charge in [-0.1, -0.05) is 42.5 Å². The minimum atomic E-state index is -1.11. The second-order valence-electron chi connectivity index (χ2n) is 4.98. The molecule has 2 aromatic rings. The summed E-state index contributed by atoms with van der Waals surface area (Å²) in [6, 6.07) is 13.8. The van der Waals surface area contributed by atoms with E-state index in [1.165, 1.54) is 30.4 Å². The predicted octanol–water partition coefficient (Wildman–Crippen LogP) is 2.65. The van der Waals surface area contributed by atoms with Gasteiger partial charge < -0.3 is 10.4 Å². The normalized spacial score (nSPS) is 12.0. The van der Waals surface area contributed by atoms with Crippen LogP contribution in [0.2, 0.25) is 0 Å².